The predicted molar refractivity (Wildman–Crippen MR) is 105 cm³/mol. The molecule has 0 atom stereocenters. The fourth-order valence-electron chi connectivity index (χ4n) is 2.49. The van der Waals surface area contributed by atoms with Crippen molar-refractivity contribution in [2.24, 2.45) is 0 Å². The molecule has 1 aromatic heterocycles. The van der Waals surface area contributed by atoms with Crippen molar-refractivity contribution in [2.45, 2.75) is 0 Å². The number of nitrogens with one attached hydrogen (secondary N) is 1. The first-order valence-corrected chi connectivity index (χ1v) is 8.42. The Kier molecular flexibility index (Phi) is 5.88. The van der Waals surface area contributed by atoms with Crippen molar-refractivity contribution in [1.29, 1.82) is 0 Å². The SMILES string of the molecule is COc1ccc(Oc2ncccc2NC(=O)c2ccc(OC)c([N+](=O)[O-])c2)cc1. The second kappa shape index (κ2) is 8.70. The van der Waals surface area contributed by atoms with Crippen LogP contribution in [0.2, 0.25) is 0 Å². The monoisotopic (exact) mass is 395 g/mol. The van der Waals surface area contributed by atoms with E-state index >= 15 is 0 Å². The lowest BCUT2D eigenvalue weighted by molar-refractivity contribution is -0.385. The molecule has 0 saturated carbocycles. The minimum Gasteiger partial charge on any atom is -0.497 e. The van der Waals surface area contributed by atoms with Crippen LogP contribution in [-0.4, -0.2) is 30.0 Å². The van der Waals surface area contributed by atoms with Crippen LogP contribution in [-0.2, 0) is 0 Å². The molecule has 9 nitrogen and oxygen atoms in total. The van der Waals surface area contributed by atoms with Gasteiger partial charge in [0.2, 0.25) is 5.88 Å². The molecule has 0 aliphatic heterocycles. The summed E-state index contributed by atoms with van der Waals surface area (Å²) in [5, 5.41) is 13.8. The van der Waals surface area contributed by atoms with E-state index in [0.29, 0.717) is 17.2 Å². The molecule has 1 N–H and O–H groups in total. The maximum Gasteiger partial charge on any atom is 0.311 e. The van der Waals surface area contributed by atoms with Crippen LogP contribution in [0.4, 0.5) is 11.4 Å². The highest BCUT2D eigenvalue weighted by Gasteiger charge is 2.19. The van der Waals surface area contributed by atoms with Crippen molar-refractivity contribution >= 4 is 17.3 Å². The quantitative estimate of drug-likeness (QED) is 0.474. The number of ether oxygens (including phenoxy) is 3. The zero-order chi connectivity index (χ0) is 20.8. The standard InChI is InChI=1S/C20H17N3O6/c1-27-14-6-8-15(9-7-14)29-20-16(4-3-11-21-20)22-19(24)13-5-10-18(28-2)17(12-13)23(25)26/h3-12H,1-2H3,(H,22,24). The maximum absolute atomic E-state index is 12.6. The van der Waals surface area contributed by atoms with Gasteiger partial charge in [-0.2, -0.15) is 0 Å². The minimum absolute atomic E-state index is 0.0662. The van der Waals surface area contributed by atoms with Gasteiger partial charge in [0.15, 0.2) is 5.75 Å². The van der Waals surface area contributed by atoms with E-state index in [-0.39, 0.29) is 22.9 Å². The normalized spacial score (nSPS) is 10.1. The highest BCUT2D eigenvalue weighted by atomic mass is 16.6. The highest BCUT2D eigenvalue weighted by Crippen LogP contribution is 2.30. The van der Waals surface area contributed by atoms with Gasteiger partial charge in [-0.05, 0) is 48.5 Å². The molecule has 0 spiro atoms. The van der Waals surface area contributed by atoms with Gasteiger partial charge in [0.25, 0.3) is 5.91 Å². The fourth-order valence-corrected chi connectivity index (χ4v) is 2.49. The van der Waals surface area contributed by atoms with Gasteiger partial charge in [0.1, 0.15) is 17.2 Å². The van der Waals surface area contributed by atoms with Gasteiger partial charge in [-0.25, -0.2) is 4.98 Å². The molecule has 3 aromatic rings. The molecule has 0 unspecified atom stereocenters. The summed E-state index contributed by atoms with van der Waals surface area (Å²) >= 11 is 0. The van der Waals surface area contributed by atoms with Crippen molar-refractivity contribution in [2.75, 3.05) is 19.5 Å². The number of carbonyl (C=O) groups is 1. The second-order valence-corrected chi connectivity index (χ2v) is 5.73. The van der Waals surface area contributed by atoms with E-state index in [0.717, 1.165) is 6.07 Å². The molecule has 1 heterocycles. The summed E-state index contributed by atoms with van der Waals surface area (Å²) in [4.78, 5) is 27.3. The molecule has 0 saturated heterocycles. The van der Waals surface area contributed by atoms with Gasteiger partial charge in [0, 0.05) is 17.8 Å². The smallest absolute Gasteiger partial charge is 0.311 e. The van der Waals surface area contributed by atoms with Gasteiger partial charge >= 0.3 is 5.69 Å². The fraction of sp³-hybridized carbons (Fsp3) is 0.100. The summed E-state index contributed by atoms with van der Waals surface area (Å²) in [5.41, 5.74) is 0.101. The Morgan fingerprint density at radius 1 is 1.03 bits per heavy atom. The number of nitrogens with zero attached hydrogens (tertiary/aromatic N) is 2. The Balaban J connectivity index is 1.82. The van der Waals surface area contributed by atoms with Gasteiger partial charge in [-0.15, -0.1) is 0 Å². The average Bonchev–Trinajstić information content (AvgIpc) is 2.75. The van der Waals surface area contributed by atoms with Crippen LogP contribution in [0, 0.1) is 10.1 Å². The Hall–Kier alpha value is -4.14. The number of anilines is 1. The van der Waals surface area contributed by atoms with E-state index in [1.165, 1.54) is 25.4 Å². The van der Waals surface area contributed by atoms with Crippen LogP contribution in [0.1, 0.15) is 10.4 Å². The first-order chi connectivity index (χ1) is 14.0. The zero-order valence-corrected chi connectivity index (χ0v) is 15.6. The van der Waals surface area contributed by atoms with Crippen LogP contribution in [0.15, 0.2) is 60.8 Å². The number of aromatic nitrogens is 1. The number of hydrogen-bond donors (Lipinski definition) is 1. The second-order valence-electron chi connectivity index (χ2n) is 5.73. The lowest BCUT2D eigenvalue weighted by Gasteiger charge is -2.11. The maximum atomic E-state index is 12.6. The summed E-state index contributed by atoms with van der Waals surface area (Å²) in [6.07, 6.45) is 1.52. The molecule has 0 aliphatic rings. The van der Waals surface area contributed by atoms with Crippen LogP contribution in [0.5, 0.6) is 23.1 Å². The Labute approximate surface area is 166 Å². The van der Waals surface area contributed by atoms with E-state index in [1.54, 1.807) is 43.5 Å². The Bertz CT molecular complexity index is 1040. The summed E-state index contributed by atoms with van der Waals surface area (Å²) in [7, 11) is 2.88. The molecule has 3 rings (SSSR count). The molecule has 29 heavy (non-hydrogen) atoms. The largest absolute Gasteiger partial charge is 0.497 e. The highest BCUT2D eigenvalue weighted by molar-refractivity contribution is 6.05. The van der Waals surface area contributed by atoms with Crippen molar-refractivity contribution in [3.05, 3.63) is 76.5 Å². The number of amides is 1. The lowest BCUT2D eigenvalue weighted by atomic mass is 10.1. The molecule has 1 amide bonds. The van der Waals surface area contributed by atoms with Crippen LogP contribution in [0.25, 0.3) is 0 Å². The molecule has 0 bridgehead atoms. The van der Waals surface area contributed by atoms with Gasteiger partial charge in [-0.3, -0.25) is 14.9 Å². The van der Waals surface area contributed by atoms with Gasteiger partial charge < -0.3 is 19.5 Å². The predicted octanol–water partition coefficient (Wildman–Crippen LogP) is 4.05. The number of pyridine rings is 1. The Morgan fingerprint density at radius 2 is 1.76 bits per heavy atom. The van der Waals surface area contributed by atoms with Gasteiger partial charge in [0.05, 0.1) is 19.1 Å². The third-order valence-electron chi connectivity index (χ3n) is 3.93. The first kappa shape index (κ1) is 19.6. The summed E-state index contributed by atoms with van der Waals surface area (Å²) in [5.74, 6) is 0.863. The number of hydrogen-bond acceptors (Lipinski definition) is 7. The van der Waals surface area contributed by atoms with E-state index in [1.807, 2.05) is 0 Å². The minimum atomic E-state index is -0.613. The van der Waals surface area contributed by atoms with Crippen molar-refractivity contribution in [3.8, 4) is 23.1 Å². The molecular weight excluding hydrogens is 378 g/mol. The van der Waals surface area contributed by atoms with E-state index in [4.69, 9.17) is 14.2 Å². The third-order valence-corrected chi connectivity index (χ3v) is 3.93. The third kappa shape index (κ3) is 4.59. The van der Waals surface area contributed by atoms with Crippen molar-refractivity contribution in [3.63, 3.8) is 0 Å². The summed E-state index contributed by atoms with van der Waals surface area (Å²) < 4.78 is 15.8. The summed E-state index contributed by atoms with van der Waals surface area (Å²) in [6.45, 7) is 0. The number of nitro benzene ring substituents is 1. The number of methoxy groups -OCH3 is 2. The molecule has 0 aliphatic carbocycles. The molecule has 9 heteroatoms. The molecule has 2 aromatic carbocycles. The van der Waals surface area contributed by atoms with E-state index in [2.05, 4.69) is 10.3 Å². The molecular formula is C20H17N3O6. The van der Waals surface area contributed by atoms with Crippen LogP contribution in [0.3, 0.4) is 0 Å². The van der Waals surface area contributed by atoms with Crippen LogP contribution < -0.4 is 19.5 Å². The molecule has 148 valence electrons. The zero-order valence-electron chi connectivity index (χ0n) is 15.6. The number of rotatable bonds is 7. The summed E-state index contributed by atoms with van der Waals surface area (Å²) in [6, 6.07) is 14.0. The molecule has 0 fully saturated rings. The van der Waals surface area contributed by atoms with E-state index in [9.17, 15) is 14.9 Å². The molecule has 0 radical (unpaired) electrons. The lowest BCUT2D eigenvalue weighted by Crippen LogP contribution is -2.13. The number of benzene rings is 2. The van der Waals surface area contributed by atoms with Crippen LogP contribution >= 0.6 is 0 Å². The van der Waals surface area contributed by atoms with Crippen molar-refractivity contribution in [1.82, 2.24) is 4.98 Å². The number of carbonyl (C=O) groups excluding carboxylic acids is 1. The van der Waals surface area contributed by atoms with E-state index < -0.39 is 10.8 Å². The number of nitro groups is 1. The topological polar surface area (TPSA) is 113 Å². The van der Waals surface area contributed by atoms with Gasteiger partial charge in [-0.1, -0.05) is 0 Å². The Morgan fingerprint density at radius 3 is 2.41 bits per heavy atom. The van der Waals surface area contributed by atoms with Crippen molar-refractivity contribution < 1.29 is 23.9 Å². The first-order valence-electron chi connectivity index (χ1n) is 8.42. The average molecular weight is 395 g/mol.